The Labute approximate surface area is 253 Å². The van der Waals surface area contributed by atoms with Crippen molar-refractivity contribution in [3.63, 3.8) is 0 Å². The molecule has 0 fully saturated rings. The number of hydrogen-bond acceptors (Lipinski definition) is 10. The molecular formula is C31H36N4O7S. The second-order valence-corrected chi connectivity index (χ2v) is 11.1. The van der Waals surface area contributed by atoms with E-state index in [4.69, 9.17) is 14.2 Å². The number of non-ortho nitro benzene ring substituents is 1. The molecule has 0 saturated heterocycles. The first-order valence-corrected chi connectivity index (χ1v) is 14.9. The summed E-state index contributed by atoms with van der Waals surface area (Å²) in [6.07, 6.45) is 1.56. The van der Waals surface area contributed by atoms with Gasteiger partial charge in [0, 0.05) is 36.5 Å². The van der Waals surface area contributed by atoms with E-state index in [0.29, 0.717) is 50.7 Å². The Balaban J connectivity index is 1.99. The minimum atomic E-state index is -0.855. The molecule has 228 valence electrons. The fraction of sp³-hybridized carbons (Fsp3) is 0.387. The van der Waals surface area contributed by atoms with Crippen LogP contribution in [0.15, 0.2) is 57.5 Å². The number of benzene rings is 2. The maximum Gasteiger partial charge on any atom is 0.338 e. The van der Waals surface area contributed by atoms with Crippen LogP contribution in [0.5, 0.6) is 11.5 Å². The second kappa shape index (κ2) is 13.2. The summed E-state index contributed by atoms with van der Waals surface area (Å²) in [6, 6.07) is 9.06. The monoisotopic (exact) mass is 608 g/mol. The number of aromatic nitrogens is 1. The number of hydrogen-bond donors (Lipinski definition) is 0. The molecule has 3 aromatic rings. The third kappa shape index (κ3) is 6.34. The minimum absolute atomic E-state index is 0.0796. The quantitative estimate of drug-likeness (QED) is 0.179. The molecule has 0 bridgehead atoms. The maximum atomic E-state index is 14.1. The van der Waals surface area contributed by atoms with Crippen molar-refractivity contribution in [2.24, 2.45) is 4.99 Å². The van der Waals surface area contributed by atoms with Gasteiger partial charge in [-0.1, -0.05) is 17.4 Å². The van der Waals surface area contributed by atoms with E-state index in [1.807, 2.05) is 27.7 Å². The molecule has 0 N–H and O–H groups in total. The highest BCUT2D eigenvalue weighted by atomic mass is 32.1. The third-order valence-corrected chi connectivity index (χ3v) is 7.98. The van der Waals surface area contributed by atoms with Gasteiger partial charge in [-0.15, -0.1) is 0 Å². The van der Waals surface area contributed by atoms with Crippen molar-refractivity contribution < 1.29 is 23.9 Å². The SMILES string of the molecule is CCOC(=O)C1=C(C)N=c2s/c(=C\c3cc([N+](=O)[O-])ccc3N(CC)CC)c(=O)n2[C@H]1c1ccc(OC(C)C)c(OC)c1. The van der Waals surface area contributed by atoms with Gasteiger partial charge in [0.15, 0.2) is 16.3 Å². The van der Waals surface area contributed by atoms with E-state index < -0.39 is 16.9 Å². The van der Waals surface area contributed by atoms with Crippen LogP contribution in [0.1, 0.15) is 58.7 Å². The van der Waals surface area contributed by atoms with Crippen LogP contribution in [0.2, 0.25) is 0 Å². The lowest BCUT2D eigenvalue weighted by molar-refractivity contribution is -0.384. The summed E-state index contributed by atoms with van der Waals surface area (Å²) in [5.41, 5.74) is 2.11. The van der Waals surface area contributed by atoms with Crippen molar-refractivity contribution in [3.8, 4) is 11.5 Å². The van der Waals surface area contributed by atoms with Crippen LogP contribution >= 0.6 is 11.3 Å². The van der Waals surface area contributed by atoms with Crippen molar-refractivity contribution in [2.75, 3.05) is 31.7 Å². The molecule has 4 rings (SSSR count). The lowest BCUT2D eigenvalue weighted by Crippen LogP contribution is -2.40. The van der Waals surface area contributed by atoms with Crippen LogP contribution in [0.4, 0.5) is 11.4 Å². The number of thiazole rings is 1. The average Bonchev–Trinajstić information content (AvgIpc) is 3.27. The number of carbonyl (C=O) groups excluding carboxylic acids is 1. The van der Waals surface area contributed by atoms with Gasteiger partial charge >= 0.3 is 5.97 Å². The summed E-state index contributed by atoms with van der Waals surface area (Å²) in [4.78, 5) is 45.7. The summed E-state index contributed by atoms with van der Waals surface area (Å²) in [5.74, 6) is 0.403. The average molecular weight is 609 g/mol. The van der Waals surface area contributed by atoms with Gasteiger partial charge in [-0.05, 0) is 71.4 Å². The number of ether oxygens (including phenoxy) is 3. The van der Waals surface area contributed by atoms with Gasteiger partial charge < -0.3 is 19.1 Å². The van der Waals surface area contributed by atoms with Gasteiger partial charge in [0.25, 0.3) is 11.2 Å². The van der Waals surface area contributed by atoms with Crippen LogP contribution in [-0.2, 0) is 9.53 Å². The molecule has 43 heavy (non-hydrogen) atoms. The first-order valence-electron chi connectivity index (χ1n) is 14.1. The highest BCUT2D eigenvalue weighted by molar-refractivity contribution is 7.07. The first-order chi connectivity index (χ1) is 20.5. The highest BCUT2D eigenvalue weighted by Crippen LogP contribution is 2.36. The molecule has 2 aromatic carbocycles. The smallest absolute Gasteiger partial charge is 0.338 e. The molecule has 0 saturated carbocycles. The molecule has 0 radical (unpaired) electrons. The summed E-state index contributed by atoms with van der Waals surface area (Å²) in [7, 11) is 1.53. The summed E-state index contributed by atoms with van der Waals surface area (Å²) in [6.45, 7) is 12.7. The summed E-state index contributed by atoms with van der Waals surface area (Å²) < 4.78 is 18.7. The van der Waals surface area contributed by atoms with Crippen LogP contribution in [-0.4, -0.2) is 48.4 Å². The predicted octanol–water partition coefficient (Wildman–Crippen LogP) is 4.35. The van der Waals surface area contributed by atoms with Crippen molar-refractivity contribution in [1.82, 2.24) is 4.57 Å². The molecule has 1 atom stereocenters. The van der Waals surface area contributed by atoms with E-state index in [1.54, 1.807) is 44.2 Å². The van der Waals surface area contributed by atoms with Crippen LogP contribution < -0.4 is 29.3 Å². The number of nitro groups is 1. The lowest BCUT2D eigenvalue weighted by atomic mass is 9.95. The molecule has 0 amide bonds. The molecule has 0 unspecified atom stereocenters. The lowest BCUT2D eigenvalue weighted by Gasteiger charge is -2.25. The molecule has 1 aromatic heterocycles. The standard InChI is InChI=1S/C31H36N4O7S/c1-8-33(9-2)23-13-12-22(35(38)39)15-21(23)17-26-29(36)34-28(20-11-14-24(42-18(4)5)25(16-20)40-7)27(30(37)41-10-3)19(6)32-31(34)43-26/h11-18,28H,8-10H2,1-7H3/b26-17-/t28-/m0/s1. The fourth-order valence-electron chi connectivity index (χ4n) is 5.08. The molecule has 0 spiro atoms. The predicted molar refractivity (Wildman–Crippen MR) is 166 cm³/mol. The zero-order valence-electron chi connectivity index (χ0n) is 25.4. The molecule has 2 heterocycles. The van der Waals surface area contributed by atoms with Gasteiger partial charge in [0.05, 0.1) is 46.6 Å². The van der Waals surface area contributed by atoms with Crippen molar-refractivity contribution >= 4 is 34.8 Å². The number of anilines is 1. The van der Waals surface area contributed by atoms with E-state index in [2.05, 4.69) is 9.89 Å². The van der Waals surface area contributed by atoms with E-state index in [0.717, 1.165) is 17.0 Å². The maximum absolute atomic E-state index is 14.1. The number of esters is 1. The Morgan fingerprint density at radius 1 is 1.16 bits per heavy atom. The molecular weight excluding hydrogens is 572 g/mol. The topological polar surface area (TPSA) is 126 Å². The van der Waals surface area contributed by atoms with Crippen LogP contribution in [0.3, 0.4) is 0 Å². The minimum Gasteiger partial charge on any atom is -0.493 e. The fourth-order valence-corrected chi connectivity index (χ4v) is 6.11. The third-order valence-electron chi connectivity index (χ3n) is 7.00. The Kier molecular flexibility index (Phi) is 9.70. The number of methoxy groups -OCH3 is 1. The van der Waals surface area contributed by atoms with E-state index >= 15 is 0 Å². The zero-order chi connectivity index (χ0) is 31.4. The number of rotatable bonds is 11. The van der Waals surface area contributed by atoms with Gasteiger partial charge in [-0.25, -0.2) is 9.79 Å². The van der Waals surface area contributed by atoms with Crippen molar-refractivity contribution in [3.05, 3.63) is 88.6 Å². The number of fused-ring (bicyclic) bond motifs is 1. The Morgan fingerprint density at radius 2 is 1.88 bits per heavy atom. The molecule has 1 aliphatic heterocycles. The molecule has 12 heteroatoms. The highest BCUT2D eigenvalue weighted by Gasteiger charge is 2.34. The molecule has 0 aliphatic carbocycles. The number of carbonyl (C=O) groups is 1. The molecule has 11 nitrogen and oxygen atoms in total. The molecule has 1 aliphatic rings. The number of allylic oxidation sites excluding steroid dienone is 1. The zero-order valence-corrected chi connectivity index (χ0v) is 26.2. The Bertz CT molecular complexity index is 1750. The number of nitrogens with zero attached hydrogens (tertiary/aromatic N) is 4. The van der Waals surface area contributed by atoms with Gasteiger partial charge in [0.2, 0.25) is 0 Å². The largest absolute Gasteiger partial charge is 0.493 e. The number of nitro benzene ring substituents is 1. The summed E-state index contributed by atoms with van der Waals surface area (Å²) >= 11 is 1.16. The van der Waals surface area contributed by atoms with Crippen LogP contribution in [0.25, 0.3) is 6.08 Å². The second-order valence-electron chi connectivity index (χ2n) is 10.1. The normalized spacial score (nSPS) is 14.8. The van der Waals surface area contributed by atoms with Gasteiger partial charge in [-0.2, -0.15) is 0 Å². The van der Waals surface area contributed by atoms with Crippen LogP contribution in [0, 0.1) is 10.1 Å². The van der Waals surface area contributed by atoms with E-state index in [9.17, 15) is 19.7 Å². The first kappa shape index (κ1) is 31.5. The van der Waals surface area contributed by atoms with Gasteiger partial charge in [0.1, 0.15) is 0 Å². The Morgan fingerprint density at radius 3 is 2.49 bits per heavy atom. The van der Waals surface area contributed by atoms with Crippen molar-refractivity contribution in [1.29, 1.82) is 0 Å². The van der Waals surface area contributed by atoms with Crippen molar-refractivity contribution in [2.45, 2.75) is 53.7 Å². The Hall–Kier alpha value is -4.45. The van der Waals surface area contributed by atoms with E-state index in [1.165, 1.54) is 23.8 Å². The van der Waals surface area contributed by atoms with Gasteiger partial charge in [-0.3, -0.25) is 19.5 Å². The van der Waals surface area contributed by atoms with E-state index in [-0.39, 0.29) is 29.5 Å². The summed E-state index contributed by atoms with van der Waals surface area (Å²) in [5, 5.41) is 11.6.